The molecule has 1 aromatic rings. The van der Waals surface area contributed by atoms with Crippen LogP contribution >= 0.6 is 11.3 Å². The summed E-state index contributed by atoms with van der Waals surface area (Å²) < 4.78 is 0. The van der Waals surface area contributed by atoms with Crippen molar-refractivity contribution < 1.29 is 14.7 Å². The second-order valence-corrected chi connectivity index (χ2v) is 5.70. The number of hydrogen-bond donors (Lipinski definition) is 2. The molecule has 0 spiro atoms. The molecule has 4 nitrogen and oxygen atoms in total. The molecular weight excluding hydrogens is 250 g/mol. The average molecular weight is 267 g/mol. The van der Waals surface area contributed by atoms with Gasteiger partial charge in [-0.3, -0.25) is 9.59 Å². The van der Waals surface area contributed by atoms with Crippen LogP contribution in [0.15, 0.2) is 17.5 Å². The SMILES string of the molecule is O=C(O)[C@@H]1CC[C@H](C(=O)NCCc2cccs2)C1. The lowest BCUT2D eigenvalue weighted by atomic mass is 10.0. The van der Waals surface area contributed by atoms with Gasteiger partial charge in [0, 0.05) is 17.3 Å². The molecule has 2 rings (SSSR count). The fourth-order valence-corrected chi connectivity index (χ4v) is 3.06. The van der Waals surface area contributed by atoms with E-state index in [0.29, 0.717) is 25.8 Å². The first-order valence-corrected chi connectivity index (χ1v) is 7.07. The maximum absolute atomic E-state index is 11.8. The summed E-state index contributed by atoms with van der Waals surface area (Å²) in [6.07, 6.45) is 2.65. The Morgan fingerprint density at radius 1 is 1.39 bits per heavy atom. The highest BCUT2D eigenvalue weighted by Crippen LogP contribution is 2.31. The highest BCUT2D eigenvalue weighted by atomic mass is 32.1. The van der Waals surface area contributed by atoms with Crippen LogP contribution < -0.4 is 5.32 Å². The van der Waals surface area contributed by atoms with Crippen LogP contribution in [0.2, 0.25) is 0 Å². The van der Waals surface area contributed by atoms with Crippen LogP contribution in [0, 0.1) is 11.8 Å². The van der Waals surface area contributed by atoms with Crippen LogP contribution in [0.4, 0.5) is 0 Å². The summed E-state index contributed by atoms with van der Waals surface area (Å²) in [5, 5.41) is 13.8. The molecule has 1 aromatic heterocycles. The first kappa shape index (κ1) is 13.1. The van der Waals surface area contributed by atoms with Crippen molar-refractivity contribution in [2.75, 3.05) is 6.54 Å². The van der Waals surface area contributed by atoms with Gasteiger partial charge in [0.2, 0.25) is 5.91 Å². The summed E-state index contributed by atoms with van der Waals surface area (Å²) in [5.41, 5.74) is 0. The minimum atomic E-state index is -0.774. The lowest BCUT2D eigenvalue weighted by molar-refractivity contribution is -0.141. The molecule has 0 saturated heterocycles. The van der Waals surface area contributed by atoms with Crippen molar-refractivity contribution in [1.82, 2.24) is 5.32 Å². The monoisotopic (exact) mass is 267 g/mol. The van der Waals surface area contributed by atoms with E-state index in [1.165, 1.54) is 4.88 Å². The van der Waals surface area contributed by atoms with Gasteiger partial charge in [-0.25, -0.2) is 0 Å². The minimum absolute atomic E-state index is 0.00954. The molecule has 1 fully saturated rings. The Morgan fingerprint density at radius 2 is 2.17 bits per heavy atom. The Morgan fingerprint density at radius 3 is 2.78 bits per heavy atom. The molecule has 1 amide bonds. The molecule has 0 unspecified atom stereocenters. The summed E-state index contributed by atoms with van der Waals surface area (Å²) in [6, 6.07) is 4.04. The Labute approximate surface area is 110 Å². The summed E-state index contributed by atoms with van der Waals surface area (Å²) >= 11 is 1.68. The number of hydrogen-bond acceptors (Lipinski definition) is 3. The molecule has 18 heavy (non-hydrogen) atoms. The van der Waals surface area contributed by atoms with Gasteiger partial charge in [-0.1, -0.05) is 6.07 Å². The third kappa shape index (κ3) is 3.32. The maximum Gasteiger partial charge on any atom is 0.306 e. The molecule has 0 aliphatic heterocycles. The predicted molar refractivity (Wildman–Crippen MR) is 69.5 cm³/mol. The van der Waals surface area contributed by atoms with Crippen molar-refractivity contribution in [3.05, 3.63) is 22.4 Å². The van der Waals surface area contributed by atoms with E-state index < -0.39 is 5.97 Å². The van der Waals surface area contributed by atoms with E-state index in [1.54, 1.807) is 11.3 Å². The normalized spacial score (nSPS) is 22.9. The lowest BCUT2D eigenvalue weighted by Gasteiger charge is -2.10. The number of rotatable bonds is 5. The number of carboxylic acids is 1. The van der Waals surface area contributed by atoms with Gasteiger partial charge in [-0.05, 0) is 37.1 Å². The molecular formula is C13H17NO3S. The maximum atomic E-state index is 11.8. The molecule has 1 heterocycles. The van der Waals surface area contributed by atoms with Crippen molar-refractivity contribution >= 4 is 23.2 Å². The number of carboxylic acid groups (broad SMARTS) is 1. The van der Waals surface area contributed by atoms with Crippen molar-refractivity contribution in [2.45, 2.75) is 25.7 Å². The number of amides is 1. The first-order valence-electron chi connectivity index (χ1n) is 6.19. The molecule has 2 atom stereocenters. The van der Waals surface area contributed by atoms with Crippen LogP contribution in [0.1, 0.15) is 24.1 Å². The lowest BCUT2D eigenvalue weighted by Crippen LogP contribution is -2.31. The molecule has 0 radical (unpaired) electrons. The number of nitrogens with one attached hydrogen (secondary N) is 1. The molecule has 0 aromatic carbocycles. The Hall–Kier alpha value is -1.36. The van der Waals surface area contributed by atoms with Crippen LogP contribution in [0.3, 0.4) is 0 Å². The fourth-order valence-electron chi connectivity index (χ4n) is 2.35. The van der Waals surface area contributed by atoms with Gasteiger partial charge < -0.3 is 10.4 Å². The highest BCUT2D eigenvalue weighted by Gasteiger charge is 2.33. The van der Waals surface area contributed by atoms with Gasteiger partial charge in [0.05, 0.1) is 5.92 Å². The smallest absolute Gasteiger partial charge is 0.306 e. The summed E-state index contributed by atoms with van der Waals surface area (Å²) in [5.74, 6) is -1.22. The van der Waals surface area contributed by atoms with Gasteiger partial charge in [0.1, 0.15) is 0 Å². The topological polar surface area (TPSA) is 66.4 Å². The van der Waals surface area contributed by atoms with E-state index >= 15 is 0 Å². The third-order valence-corrected chi connectivity index (χ3v) is 4.34. The molecule has 1 aliphatic rings. The van der Waals surface area contributed by atoms with E-state index in [4.69, 9.17) is 5.11 Å². The standard InChI is InChI=1S/C13H17NO3S/c15-12(9-3-4-10(8-9)13(16)17)14-6-5-11-2-1-7-18-11/h1-2,7,9-10H,3-6,8H2,(H,14,15)(H,16,17)/t9-,10+/m0/s1. The highest BCUT2D eigenvalue weighted by molar-refractivity contribution is 7.09. The first-order chi connectivity index (χ1) is 8.66. The van der Waals surface area contributed by atoms with Gasteiger partial charge in [0.25, 0.3) is 0 Å². The number of carbonyl (C=O) groups excluding carboxylic acids is 1. The number of aliphatic carboxylic acids is 1. The van der Waals surface area contributed by atoms with E-state index in [-0.39, 0.29) is 17.7 Å². The average Bonchev–Trinajstić information content (AvgIpc) is 2.99. The van der Waals surface area contributed by atoms with E-state index in [0.717, 1.165) is 6.42 Å². The minimum Gasteiger partial charge on any atom is -0.481 e. The van der Waals surface area contributed by atoms with E-state index in [9.17, 15) is 9.59 Å². The quantitative estimate of drug-likeness (QED) is 0.856. The number of thiophene rings is 1. The Kier molecular flexibility index (Phi) is 4.36. The molecule has 0 bridgehead atoms. The van der Waals surface area contributed by atoms with Crippen molar-refractivity contribution in [3.63, 3.8) is 0 Å². The number of carbonyl (C=O) groups is 2. The van der Waals surface area contributed by atoms with Crippen LogP contribution in [-0.2, 0) is 16.0 Å². The molecule has 2 N–H and O–H groups in total. The Bertz CT molecular complexity index is 416. The zero-order chi connectivity index (χ0) is 13.0. The summed E-state index contributed by atoms with van der Waals surface area (Å²) in [7, 11) is 0. The van der Waals surface area contributed by atoms with Gasteiger partial charge in [0.15, 0.2) is 0 Å². The van der Waals surface area contributed by atoms with Gasteiger partial charge in [-0.2, -0.15) is 0 Å². The largest absolute Gasteiger partial charge is 0.481 e. The zero-order valence-corrected chi connectivity index (χ0v) is 10.9. The summed E-state index contributed by atoms with van der Waals surface area (Å²) in [4.78, 5) is 23.9. The third-order valence-electron chi connectivity index (χ3n) is 3.40. The van der Waals surface area contributed by atoms with Crippen LogP contribution in [-0.4, -0.2) is 23.5 Å². The molecule has 5 heteroatoms. The van der Waals surface area contributed by atoms with Crippen LogP contribution in [0.5, 0.6) is 0 Å². The fraction of sp³-hybridized carbons (Fsp3) is 0.538. The molecule has 1 saturated carbocycles. The van der Waals surface area contributed by atoms with Crippen molar-refractivity contribution in [1.29, 1.82) is 0 Å². The van der Waals surface area contributed by atoms with Gasteiger partial charge >= 0.3 is 5.97 Å². The molecule has 1 aliphatic carbocycles. The van der Waals surface area contributed by atoms with Crippen LogP contribution in [0.25, 0.3) is 0 Å². The summed E-state index contributed by atoms with van der Waals surface area (Å²) in [6.45, 7) is 0.633. The molecule has 98 valence electrons. The van der Waals surface area contributed by atoms with E-state index in [1.807, 2.05) is 17.5 Å². The van der Waals surface area contributed by atoms with Gasteiger partial charge in [-0.15, -0.1) is 11.3 Å². The van der Waals surface area contributed by atoms with Crippen molar-refractivity contribution in [3.8, 4) is 0 Å². The Balaban J connectivity index is 1.71. The van der Waals surface area contributed by atoms with E-state index in [2.05, 4.69) is 5.32 Å². The second kappa shape index (κ2) is 6.00. The zero-order valence-electron chi connectivity index (χ0n) is 10.1. The predicted octanol–water partition coefficient (Wildman–Crippen LogP) is 1.91. The van der Waals surface area contributed by atoms with Crippen molar-refractivity contribution in [2.24, 2.45) is 11.8 Å². The second-order valence-electron chi connectivity index (χ2n) is 4.67.